The molecular formula is C15H18N2O3S. The van der Waals surface area contributed by atoms with Crippen molar-refractivity contribution >= 4 is 22.8 Å². The summed E-state index contributed by atoms with van der Waals surface area (Å²) in [6.45, 7) is 4.38. The maximum atomic E-state index is 11.8. The van der Waals surface area contributed by atoms with Crippen molar-refractivity contribution in [3.05, 3.63) is 36.4 Å². The predicted molar refractivity (Wildman–Crippen MR) is 85.3 cm³/mol. The number of amidine groups is 1. The van der Waals surface area contributed by atoms with Gasteiger partial charge in [-0.2, -0.15) is 0 Å². The molecule has 0 aromatic heterocycles. The molecule has 1 aromatic carbocycles. The maximum Gasteiger partial charge on any atom is 0.263 e. The highest BCUT2D eigenvalue weighted by atomic mass is 32.2. The molecule has 6 heteroatoms. The molecule has 1 amide bonds. The van der Waals surface area contributed by atoms with Crippen LogP contribution in [0.1, 0.15) is 5.56 Å². The molecule has 5 nitrogen and oxygen atoms in total. The highest BCUT2D eigenvalue weighted by molar-refractivity contribution is 8.14. The monoisotopic (exact) mass is 306 g/mol. The lowest BCUT2D eigenvalue weighted by atomic mass is 10.1. The second kappa shape index (κ2) is 7.73. The first-order valence-corrected chi connectivity index (χ1v) is 7.59. The zero-order valence-corrected chi connectivity index (χ0v) is 12.7. The number of nitrogens with zero attached hydrogens (tertiary/aromatic N) is 1. The number of thioether (sulfide) groups is 1. The van der Waals surface area contributed by atoms with Gasteiger partial charge in [-0.15, -0.1) is 6.58 Å². The second-order valence-electron chi connectivity index (χ2n) is 4.35. The molecule has 1 heterocycles. The van der Waals surface area contributed by atoms with Crippen LogP contribution < -0.4 is 14.8 Å². The lowest BCUT2D eigenvalue weighted by Crippen LogP contribution is -2.32. The molecule has 0 spiro atoms. The standard InChI is InChI=1S/C15H18N2O3S/c1-3-4-11-5-6-12(13(9-11)19-2)20-10-14(18)17-15-16-7-8-21-15/h3,5-6,9H,1,4,7-8,10H2,2H3,(H,16,17,18). The predicted octanol–water partition coefficient (Wildman–Crippen LogP) is 2.02. The third-order valence-corrected chi connectivity index (χ3v) is 3.69. The smallest absolute Gasteiger partial charge is 0.263 e. The normalized spacial score (nSPS) is 13.5. The fraction of sp³-hybridized carbons (Fsp3) is 0.333. The first-order valence-electron chi connectivity index (χ1n) is 6.60. The Bertz CT molecular complexity index is 558. The minimum atomic E-state index is -0.222. The first-order chi connectivity index (χ1) is 10.2. The number of aliphatic imine (C=N–C) groups is 1. The van der Waals surface area contributed by atoms with Crippen LogP contribution in [-0.2, 0) is 11.2 Å². The van der Waals surface area contributed by atoms with E-state index in [-0.39, 0.29) is 12.5 Å². The molecule has 1 N–H and O–H groups in total. The Hall–Kier alpha value is -1.95. The van der Waals surface area contributed by atoms with E-state index in [1.165, 1.54) is 11.8 Å². The van der Waals surface area contributed by atoms with Gasteiger partial charge in [0.1, 0.15) is 0 Å². The van der Waals surface area contributed by atoms with Crippen molar-refractivity contribution in [2.45, 2.75) is 6.42 Å². The van der Waals surface area contributed by atoms with Crippen molar-refractivity contribution in [3.63, 3.8) is 0 Å². The average Bonchev–Trinajstić information content (AvgIpc) is 2.99. The summed E-state index contributed by atoms with van der Waals surface area (Å²) in [7, 11) is 1.57. The fourth-order valence-corrected chi connectivity index (χ4v) is 2.58. The van der Waals surface area contributed by atoms with Gasteiger partial charge in [-0.3, -0.25) is 9.79 Å². The zero-order valence-electron chi connectivity index (χ0n) is 11.9. The van der Waals surface area contributed by atoms with Crippen LogP contribution in [0, 0.1) is 0 Å². The van der Waals surface area contributed by atoms with E-state index in [0.29, 0.717) is 16.7 Å². The molecule has 0 fully saturated rings. The van der Waals surface area contributed by atoms with Crippen LogP contribution in [0.4, 0.5) is 0 Å². The molecule has 0 unspecified atom stereocenters. The molecule has 0 aliphatic carbocycles. The Labute approximate surface area is 128 Å². The van der Waals surface area contributed by atoms with Gasteiger partial charge in [-0.25, -0.2) is 0 Å². The summed E-state index contributed by atoms with van der Waals surface area (Å²) in [5.41, 5.74) is 1.08. The molecule has 0 bridgehead atoms. The molecule has 0 saturated heterocycles. The Morgan fingerprint density at radius 2 is 2.38 bits per heavy atom. The highest BCUT2D eigenvalue weighted by Crippen LogP contribution is 2.28. The summed E-state index contributed by atoms with van der Waals surface area (Å²) < 4.78 is 10.8. The zero-order chi connectivity index (χ0) is 15.1. The van der Waals surface area contributed by atoms with Crippen LogP contribution in [0.3, 0.4) is 0 Å². The number of benzene rings is 1. The van der Waals surface area contributed by atoms with E-state index in [1.807, 2.05) is 18.2 Å². The topological polar surface area (TPSA) is 59.9 Å². The molecule has 112 valence electrons. The van der Waals surface area contributed by atoms with Crippen LogP contribution in [0.25, 0.3) is 0 Å². The van der Waals surface area contributed by atoms with Gasteiger partial charge in [0.25, 0.3) is 5.91 Å². The van der Waals surface area contributed by atoms with E-state index in [4.69, 9.17) is 9.47 Å². The average molecular weight is 306 g/mol. The number of allylic oxidation sites excluding steroid dienone is 1. The summed E-state index contributed by atoms with van der Waals surface area (Å²) >= 11 is 1.54. The number of hydrogen-bond donors (Lipinski definition) is 1. The Kier molecular flexibility index (Phi) is 5.68. The van der Waals surface area contributed by atoms with Gasteiger partial charge in [-0.05, 0) is 24.1 Å². The number of carbonyl (C=O) groups excluding carboxylic acids is 1. The van der Waals surface area contributed by atoms with E-state index >= 15 is 0 Å². The third-order valence-electron chi connectivity index (χ3n) is 2.80. The quantitative estimate of drug-likeness (QED) is 0.817. The molecule has 0 saturated carbocycles. The molecule has 1 aromatic rings. The molecule has 0 radical (unpaired) electrons. The maximum absolute atomic E-state index is 11.8. The van der Waals surface area contributed by atoms with Crippen molar-refractivity contribution in [2.75, 3.05) is 26.0 Å². The van der Waals surface area contributed by atoms with Gasteiger partial charge in [0.05, 0.1) is 13.7 Å². The minimum Gasteiger partial charge on any atom is -0.493 e. The van der Waals surface area contributed by atoms with Crippen molar-refractivity contribution in [3.8, 4) is 11.5 Å². The largest absolute Gasteiger partial charge is 0.493 e. The number of ether oxygens (including phenoxy) is 2. The second-order valence-corrected chi connectivity index (χ2v) is 5.43. The van der Waals surface area contributed by atoms with Crippen LogP contribution >= 0.6 is 11.8 Å². The molecule has 1 aliphatic rings. The van der Waals surface area contributed by atoms with E-state index in [0.717, 1.165) is 24.3 Å². The van der Waals surface area contributed by atoms with Gasteiger partial charge in [-0.1, -0.05) is 23.9 Å². The van der Waals surface area contributed by atoms with Crippen LogP contribution in [-0.4, -0.2) is 37.1 Å². The molecule has 2 rings (SSSR count). The van der Waals surface area contributed by atoms with E-state index < -0.39 is 0 Å². The summed E-state index contributed by atoms with van der Waals surface area (Å²) in [4.78, 5) is 15.9. The molecule has 0 atom stereocenters. The lowest BCUT2D eigenvalue weighted by Gasteiger charge is -2.11. The van der Waals surface area contributed by atoms with Gasteiger partial charge < -0.3 is 14.8 Å². The Morgan fingerprint density at radius 3 is 3.05 bits per heavy atom. The number of methoxy groups -OCH3 is 1. The van der Waals surface area contributed by atoms with Gasteiger partial charge >= 0.3 is 0 Å². The number of carbonyl (C=O) groups is 1. The fourth-order valence-electron chi connectivity index (χ4n) is 1.83. The SMILES string of the molecule is C=CCc1ccc(OCC(=O)NC2=NCCS2)c(OC)c1. The van der Waals surface area contributed by atoms with Gasteiger partial charge in [0, 0.05) is 5.75 Å². The number of rotatable bonds is 6. The highest BCUT2D eigenvalue weighted by Gasteiger charge is 2.12. The van der Waals surface area contributed by atoms with Crippen LogP contribution in [0.15, 0.2) is 35.8 Å². The summed E-state index contributed by atoms with van der Waals surface area (Å²) in [5, 5.41) is 3.38. The Balaban J connectivity index is 1.92. The molecular weight excluding hydrogens is 288 g/mol. The van der Waals surface area contributed by atoms with Crippen LogP contribution in [0.2, 0.25) is 0 Å². The van der Waals surface area contributed by atoms with Crippen molar-refractivity contribution < 1.29 is 14.3 Å². The van der Waals surface area contributed by atoms with Crippen molar-refractivity contribution in [1.82, 2.24) is 5.32 Å². The Morgan fingerprint density at radius 1 is 1.52 bits per heavy atom. The van der Waals surface area contributed by atoms with Gasteiger partial charge in [0.2, 0.25) is 0 Å². The summed E-state index contributed by atoms with van der Waals surface area (Å²) in [5.74, 6) is 1.84. The van der Waals surface area contributed by atoms with Crippen molar-refractivity contribution in [1.29, 1.82) is 0 Å². The van der Waals surface area contributed by atoms with E-state index in [9.17, 15) is 4.79 Å². The number of nitrogens with one attached hydrogen (secondary N) is 1. The van der Waals surface area contributed by atoms with E-state index in [2.05, 4.69) is 16.9 Å². The molecule has 21 heavy (non-hydrogen) atoms. The minimum absolute atomic E-state index is 0.0727. The summed E-state index contributed by atoms with van der Waals surface area (Å²) in [6.07, 6.45) is 2.58. The third kappa shape index (κ3) is 4.53. The molecule has 1 aliphatic heterocycles. The summed E-state index contributed by atoms with van der Waals surface area (Å²) in [6, 6.07) is 5.60. The van der Waals surface area contributed by atoms with Crippen LogP contribution in [0.5, 0.6) is 11.5 Å². The van der Waals surface area contributed by atoms with E-state index in [1.54, 1.807) is 13.2 Å². The number of hydrogen-bond acceptors (Lipinski definition) is 5. The van der Waals surface area contributed by atoms with Gasteiger partial charge in [0.15, 0.2) is 23.3 Å². The lowest BCUT2D eigenvalue weighted by molar-refractivity contribution is -0.121. The first kappa shape index (κ1) is 15.4. The number of amides is 1. The van der Waals surface area contributed by atoms with Crippen molar-refractivity contribution in [2.24, 2.45) is 4.99 Å².